The molecule has 4 heteroatoms. The number of hydrogen-bond donors (Lipinski definition) is 0. The normalized spacial score (nSPS) is 11.6. The van der Waals surface area contributed by atoms with Crippen LogP contribution in [0.2, 0.25) is 0 Å². The fraction of sp³-hybridized carbons (Fsp3) is 0.0714. The van der Waals surface area contributed by atoms with Crippen molar-refractivity contribution in [1.29, 1.82) is 0 Å². The van der Waals surface area contributed by atoms with Crippen LogP contribution in [0.1, 0.15) is 5.82 Å². The van der Waals surface area contributed by atoms with Gasteiger partial charge in [-0.3, -0.25) is 4.98 Å². The van der Waals surface area contributed by atoms with E-state index in [0.29, 0.717) is 0 Å². The lowest BCUT2D eigenvalue weighted by Crippen LogP contribution is -1.93. The zero-order valence-electron chi connectivity index (χ0n) is 9.83. The Kier molecular flexibility index (Phi) is 1.73. The van der Waals surface area contributed by atoms with Crippen molar-refractivity contribution in [2.24, 2.45) is 0 Å². The van der Waals surface area contributed by atoms with Gasteiger partial charge in [0.15, 0.2) is 5.65 Å². The Labute approximate surface area is 103 Å². The molecule has 0 amide bonds. The lowest BCUT2D eigenvalue weighted by molar-refractivity contribution is 0.967. The van der Waals surface area contributed by atoms with E-state index in [1.807, 2.05) is 29.8 Å². The van der Waals surface area contributed by atoms with E-state index in [1.165, 1.54) is 0 Å². The van der Waals surface area contributed by atoms with Gasteiger partial charge in [-0.25, -0.2) is 9.50 Å². The Balaban J connectivity index is 2.37. The highest BCUT2D eigenvalue weighted by Gasteiger charge is 2.08. The van der Waals surface area contributed by atoms with Crippen LogP contribution in [0.4, 0.5) is 0 Å². The van der Waals surface area contributed by atoms with E-state index in [1.54, 1.807) is 0 Å². The maximum Gasteiger partial charge on any atom is 0.156 e. The van der Waals surface area contributed by atoms with Crippen LogP contribution in [0.25, 0.3) is 27.5 Å². The molecule has 0 aliphatic rings. The van der Waals surface area contributed by atoms with Gasteiger partial charge in [0.1, 0.15) is 11.3 Å². The van der Waals surface area contributed by atoms with Crippen molar-refractivity contribution in [1.82, 2.24) is 19.6 Å². The van der Waals surface area contributed by atoms with Gasteiger partial charge in [0.25, 0.3) is 0 Å². The number of fused-ring (bicyclic) bond motifs is 5. The fourth-order valence-corrected chi connectivity index (χ4v) is 2.37. The predicted octanol–water partition coefficient (Wildman–Crippen LogP) is 2.74. The maximum atomic E-state index is 4.48. The van der Waals surface area contributed by atoms with Gasteiger partial charge >= 0.3 is 0 Å². The third kappa shape index (κ3) is 1.17. The van der Waals surface area contributed by atoms with E-state index < -0.39 is 0 Å². The van der Waals surface area contributed by atoms with Crippen molar-refractivity contribution in [3.05, 3.63) is 48.4 Å². The second kappa shape index (κ2) is 3.26. The van der Waals surface area contributed by atoms with Crippen LogP contribution in [0.3, 0.4) is 0 Å². The van der Waals surface area contributed by atoms with Gasteiger partial charge in [-0.15, -0.1) is 0 Å². The van der Waals surface area contributed by atoms with Crippen LogP contribution in [0, 0.1) is 6.92 Å². The summed E-state index contributed by atoms with van der Waals surface area (Å²) >= 11 is 0. The summed E-state index contributed by atoms with van der Waals surface area (Å²) < 4.78 is 1.88. The molecule has 0 spiro atoms. The highest BCUT2D eigenvalue weighted by atomic mass is 15.3. The highest BCUT2D eigenvalue weighted by Crippen LogP contribution is 2.23. The van der Waals surface area contributed by atoms with Gasteiger partial charge in [0, 0.05) is 17.0 Å². The van der Waals surface area contributed by atoms with E-state index in [-0.39, 0.29) is 0 Å². The highest BCUT2D eigenvalue weighted by molar-refractivity contribution is 6.03. The van der Waals surface area contributed by atoms with E-state index in [2.05, 4.69) is 39.3 Å². The third-order valence-corrected chi connectivity index (χ3v) is 3.14. The zero-order valence-corrected chi connectivity index (χ0v) is 9.83. The topological polar surface area (TPSA) is 43.1 Å². The molecule has 4 rings (SSSR count). The summed E-state index contributed by atoms with van der Waals surface area (Å²) in [5, 5.41) is 6.70. The van der Waals surface area contributed by atoms with Crippen LogP contribution in [0.15, 0.2) is 42.6 Å². The molecular weight excluding hydrogens is 224 g/mol. The largest absolute Gasteiger partial charge is 0.254 e. The van der Waals surface area contributed by atoms with Crippen molar-refractivity contribution in [2.75, 3.05) is 0 Å². The average Bonchev–Trinajstić information content (AvgIpc) is 2.78. The van der Waals surface area contributed by atoms with Crippen molar-refractivity contribution in [3.63, 3.8) is 0 Å². The summed E-state index contributed by atoms with van der Waals surface area (Å²) in [5.41, 5.74) is 2.84. The molecule has 4 nitrogen and oxygen atoms in total. The lowest BCUT2D eigenvalue weighted by atomic mass is 10.1. The second-order valence-electron chi connectivity index (χ2n) is 4.34. The molecule has 3 aromatic heterocycles. The Hall–Kier alpha value is -2.49. The van der Waals surface area contributed by atoms with Crippen molar-refractivity contribution in [3.8, 4) is 0 Å². The molecule has 4 aromatic rings. The standard InChI is InChI=1S/C14H10N4/c1-9-16-12-7-6-11-5-4-10-3-2-8-15-13(10)14(11)18(12)17-9/h2-8H,1H3. The molecule has 0 atom stereocenters. The van der Waals surface area contributed by atoms with E-state index in [9.17, 15) is 0 Å². The quantitative estimate of drug-likeness (QED) is 0.439. The first-order valence-electron chi connectivity index (χ1n) is 5.83. The molecule has 0 radical (unpaired) electrons. The number of benzene rings is 1. The molecule has 0 bridgehead atoms. The summed E-state index contributed by atoms with van der Waals surface area (Å²) in [5.74, 6) is 0.774. The number of hydrogen-bond acceptors (Lipinski definition) is 3. The fourth-order valence-electron chi connectivity index (χ4n) is 2.37. The Morgan fingerprint density at radius 1 is 1.00 bits per heavy atom. The van der Waals surface area contributed by atoms with Crippen LogP contribution >= 0.6 is 0 Å². The number of aryl methyl sites for hydroxylation is 1. The maximum absolute atomic E-state index is 4.48. The van der Waals surface area contributed by atoms with Crippen molar-refractivity contribution in [2.45, 2.75) is 6.92 Å². The first-order chi connectivity index (χ1) is 8.83. The molecule has 0 saturated carbocycles. The number of rotatable bonds is 0. The Bertz CT molecular complexity index is 892. The average molecular weight is 234 g/mol. The summed E-state index contributed by atoms with van der Waals surface area (Å²) in [7, 11) is 0. The molecule has 1 aromatic carbocycles. The first-order valence-corrected chi connectivity index (χ1v) is 5.83. The molecule has 0 saturated heterocycles. The zero-order chi connectivity index (χ0) is 12.1. The number of nitrogens with zero attached hydrogens (tertiary/aromatic N) is 4. The first kappa shape index (κ1) is 9.53. The van der Waals surface area contributed by atoms with Gasteiger partial charge in [0.05, 0.1) is 5.52 Å². The van der Waals surface area contributed by atoms with E-state index in [4.69, 9.17) is 0 Å². The predicted molar refractivity (Wildman–Crippen MR) is 70.5 cm³/mol. The monoisotopic (exact) mass is 234 g/mol. The lowest BCUT2D eigenvalue weighted by Gasteiger charge is -2.04. The van der Waals surface area contributed by atoms with Crippen LogP contribution in [-0.2, 0) is 0 Å². The molecular formula is C14H10N4. The van der Waals surface area contributed by atoms with Gasteiger partial charge in [-0.2, -0.15) is 5.10 Å². The minimum Gasteiger partial charge on any atom is -0.254 e. The minimum atomic E-state index is 0.774. The summed E-state index contributed by atoms with van der Waals surface area (Å²) in [6.45, 7) is 1.90. The summed E-state index contributed by atoms with van der Waals surface area (Å²) in [4.78, 5) is 8.87. The van der Waals surface area contributed by atoms with Crippen LogP contribution < -0.4 is 0 Å². The van der Waals surface area contributed by atoms with Crippen molar-refractivity contribution < 1.29 is 0 Å². The van der Waals surface area contributed by atoms with Gasteiger partial charge < -0.3 is 0 Å². The Morgan fingerprint density at radius 3 is 2.78 bits per heavy atom. The molecule has 0 unspecified atom stereocenters. The molecule has 86 valence electrons. The summed E-state index contributed by atoms with van der Waals surface area (Å²) in [6, 6.07) is 12.2. The molecule has 0 aliphatic heterocycles. The van der Waals surface area contributed by atoms with Gasteiger partial charge in [-0.05, 0) is 25.1 Å². The third-order valence-electron chi connectivity index (χ3n) is 3.14. The Morgan fingerprint density at radius 2 is 1.83 bits per heavy atom. The van der Waals surface area contributed by atoms with Crippen LogP contribution in [-0.4, -0.2) is 19.6 Å². The number of aromatic nitrogens is 4. The molecule has 18 heavy (non-hydrogen) atoms. The van der Waals surface area contributed by atoms with E-state index >= 15 is 0 Å². The van der Waals surface area contributed by atoms with Crippen LogP contribution in [0.5, 0.6) is 0 Å². The second-order valence-corrected chi connectivity index (χ2v) is 4.34. The smallest absolute Gasteiger partial charge is 0.156 e. The number of pyridine rings is 2. The van der Waals surface area contributed by atoms with Gasteiger partial charge in [-0.1, -0.05) is 18.2 Å². The molecule has 0 fully saturated rings. The van der Waals surface area contributed by atoms with Crippen molar-refractivity contribution >= 4 is 27.5 Å². The van der Waals surface area contributed by atoms with Gasteiger partial charge in [0.2, 0.25) is 0 Å². The molecule has 0 N–H and O–H groups in total. The summed E-state index contributed by atoms with van der Waals surface area (Å²) in [6.07, 6.45) is 1.81. The molecule has 0 aliphatic carbocycles. The SMILES string of the molecule is Cc1nc2ccc3ccc4cccnc4c3n2n1. The van der Waals surface area contributed by atoms with E-state index in [0.717, 1.165) is 33.3 Å². The minimum absolute atomic E-state index is 0.774. The molecule has 3 heterocycles.